The minimum Gasteiger partial charge on any atom is -0.378 e. The van der Waals surface area contributed by atoms with Crippen molar-refractivity contribution in [2.75, 3.05) is 19.8 Å². The fourth-order valence-electron chi connectivity index (χ4n) is 5.16. The number of carbonyl (C=O) groups excluding carboxylic acids is 1. The number of carbonyl (C=O) groups is 1. The van der Waals surface area contributed by atoms with Crippen LogP contribution in [0.25, 0.3) is 0 Å². The van der Waals surface area contributed by atoms with Crippen LogP contribution in [0.1, 0.15) is 32.1 Å². The SMILES string of the molecule is O=C(NC1C2CC3CC(C2)CC1C3)C1COCCN1. The van der Waals surface area contributed by atoms with E-state index in [1.165, 1.54) is 32.1 Å². The molecule has 4 heteroatoms. The van der Waals surface area contributed by atoms with Gasteiger partial charge >= 0.3 is 0 Å². The van der Waals surface area contributed by atoms with Gasteiger partial charge in [0, 0.05) is 12.6 Å². The Balaban J connectivity index is 1.41. The number of amides is 1. The minimum absolute atomic E-state index is 0.133. The van der Waals surface area contributed by atoms with Gasteiger partial charge in [0.05, 0.1) is 13.2 Å². The molecule has 2 N–H and O–H groups in total. The molecule has 1 saturated heterocycles. The lowest BCUT2D eigenvalue weighted by molar-refractivity contribution is -0.129. The molecule has 4 bridgehead atoms. The largest absolute Gasteiger partial charge is 0.378 e. The molecule has 0 spiro atoms. The lowest BCUT2D eigenvalue weighted by Gasteiger charge is -2.54. The summed E-state index contributed by atoms with van der Waals surface area (Å²) in [7, 11) is 0. The first kappa shape index (κ1) is 12.2. The fraction of sp³-hybridized carbons (Fsp3) is 0.933. The van der Waals surface area contributed by atoms with E-state index < -0.39 is 0 Å². The molecule has 0 radical (unpaired) electrons. The average Bonchev–Trinajstić information content (AvgIpc) is 2.43. The summed E-state index contributed by atoms with van der Waals surface area (Å²) in [4.78, 5) is 12.3. The smallest absolute Gasteiger partial charge is 0.239 e. The van der Waals surface area contributed by atoms with Gasteiger partial charge in [0.1, 0.15) is 6.04 Å². The lowest BCUT2D eigenvalue weighted by atomic mass is 9.54. The first-order chi connectivity index (χ1) is 9.29. The van der Waals surface area contributed by atoms with Gasteiger partial charge in [-0.05, 0) is 55.8 Å². The zero-order valence-electron chi connectivity index (χ0n) is 11.4. The second-order valence-electron chi connectivity index (χ2n) is 7.05. The van der Waals surface area contributed by atoms with Crippen LogP contribution in [0.3, 0.4) is 0 Å². The van der Waals surface area contributed by atoms with Crippen LogP contribution >= 0.6 is 0 Å². The molecule has 4 saturated carbocycles. The highest BCUT2D eigenvalue weighted by atomic mass is 16.5. The third-order valence-corrected chi connectivity index (χ3v) is 5.77. The van der Waals surface area contributed by atoms with Gasteiger partial charge in [-0.3, -0.25) is 4.79 Å². The molecule has 1 amide bonds. The summed E-state index contributed by atoms with van der Waals surface area (Å²) >= 11 is 0. The normalized spacial score (nSPS) is 48.2. The number of nitrogens with one attached hydrogen (secondary N) is 2. The van der Waals surface area contributed by atoms with E-state index in [1.807, 2.05) is 0 Å². The summed E-state index contributed by atoms with van der Waals surface area (Å²) < 4.78 is 5.39. The molecule has 19 heavy (non-hydrogen) atoms. The van der Waals surface area contributed by atoms with Gasteiger partial charge < -0.3 is 15.4 Å². The van der Waals surface area contributed by atoms with Crippen molar-refractivity contribution in [1.82, 2.24) is 10.6 Å². The molecule has 5 aliphatic rings. The van der Waals surface area contributed by atoms with E-state index in [9.17, 15) is 4.79 Å². The fourth-order valence-corrected chi connectivity index (χ4v) is 5.16. The quantitative estimate of drug-likeness (QED) is 0.779. The van der Waals surface area contributed by atoms with Crippen LogP contribution in [-0.4, -0.2) is 37.7 Å². The van der Waals surface area contributed by atoms with Gasteiger partial charge in [-0.1, -0.05) is 0 Å². The highest BCUT2D eigenvalue weighted by Crippen LogP contribution is 2.53. The number of hydrogen-bond donors (Lipinski definition) is 2. The summed E-state index contributed by atoms with van der Waals surface area (Å²) in [5.74, 6) is 3.60. The molecule has 0 aromatic heterocycles. The molecule has 4 aliphatic carbocycles. The molecule has 1 heterocycles. The Hall–Kier alpha value is -0.610. The van der Waals surface area contributed by atoms with Crippen molar-refractivity contribution >= 4 is 5.91 Å². The average molecular weight is 264 g/mol. The van der Waals surface area contributed by atoms with E-state index in [0.717, 1.165) is 36.8 Å². The van der Waals surface area contributed by atoms with Crippen molar-refractivity contribution in [1.29, 1.82) is 0 Å². The Labute approximate surface area is 114 Å². The van der Waals surface area contributed by atoms with Crippen molar-refractivity contribution in [3.05, 3.63) is 0 Å². The second-order valence-corrected chi connectivity index (χ2v) is 7.05. The minimum atomic E-state index is -0.133. The summed E-state index contributed by atoms with van der Waals surface area (Å²) in [6, 6.07) is 0.315. The molecule has 1 unspecified atom stereocenters. The Morgan fingerprint density at radius 1 is 1.05 bits per heavy atom. The van der Waals surface area contributed by atoms with E-state index >= 15 is 0 Å². The van der Waals surface area contributed by atoms with E-state index in [-0.39, 0.29) is 11.9 Å². The van der Waals surface area contributed by atoms with Gasteiger partial charge in [-0.25, -0.2) is 0 Å². The molecule has 0 aromatic rings. The Kier molecular flexibility index (Phi) is 3.03. The maximum atomic E-state index is 12.3. The molecule has 1 aliphatic heterocycles. The standard InChI is InChI=1S/C15H24N2O2/c18-15(13-8-19-2-1-16-13)17-14-11-4-9-3-10(6-11)7-12(14)5-9/h9-14,16H,1-8H2,(H,17,18). The third kappa shape index (κ3) is 2.19. The molecular weight excluding hydrogens is 240 g/mol. The predicted molar refractivity (Wildman–Crippen MR) is 71.6 cm³/mol. The Morgan fingerprint density at radius 2 is 1.74 bits per heavy atom. The van der Waals surface area contributed by atoms with Gasteiger partial charge in [0.2, 0.25) is 5.91 Å². The molecule has 1 atom stereocenters. The van der Waals surface area contributed by atoms with Crippen molar-refractivity contribution in [2.24, 2.45) is 23.7 Å². The van der Waals surface area contributed by atoms with E-state index in [4.69, 9.17) is 4.74 Å². The zero-order valence-corrected chi connectivity index (χ0v) is 11.4. The molecule has 4 nitrogen and oxygen atoms in total. The van der Waals surface area contributed by atoms with Gasteiger partial charge in [-0.15, -0.1) is 0 Å². The van der Waals surface area contributed by atoms with Gasteiger partial charge in [0.15, 0.2) is 0 Å². The monoisotopic (exact) mass is 264 g/mol. The van der Waals surface area contributed by atoms with Crippen LogP contribution in [0.15, 0.2) is 0 Å². The lowest BCUT2D eigenvalue weighted by Crippen LogP contribution is -2.60. The van der Waals surface area contributed by atoms with Crippen LogP contribution in [0.2, 0.25) is 0 Å². The maximum Gasteiger partial charge on any atom is 0.239 e. The van der Waals surface area contributed by atoms with E-state index in [0.29, 0.717) is 12.6 Å². The van der Waals surface area contributed by atoms with Crippen LogP contribution in [0.5, 0.6) is 0 Å². The van der Waals surface area contributed by atoms with Crippen LogP contribution in [-0.2, 0) is 9.53 Å². The predicted octanol–water partition coefficient (Wildman–Crippen LogP) is 0.916. The number of morpholine rings is 1. The van der Waals surface area contributed by atoms with Crippen LogP contribution in [0, 0.1) is 23.7 Å². The van der Waals surface area contributed by atoms with Crippen molar-refractivity contribution in [2.45, 2.75) is 44.2 Å². The van der Waals surface area contributed by atoms with Crippen LogP contribution in [0.4, 0.5) is 0 Å². The molecular formula is C15H24N2O2. The topological polar surface area (TPSA) is 50.4 Å². The Bertz CT molecular complexity index is 337. The zero-order chi connectivity index (χ0) is 12.8. The number of hydrogen-bond acceptors (Lipinski definition) is 3. The van der Waals surface area contributed by atoms with E-state index in [2.05, 4.69) is 10.6 Å². The van der Waals surface area contributed by atoms with Gasteiger partial charge in [-0.2, -0.15) is 0 Å². The van der Waals surface area contributed by atoms with Crippen molar-refractivity contribution in [3.63, 3.8) is 0 Å². The first-order valence-electron chi connectivity index (χ1n) is 7.91. The maximum absolute atomic E-state index is 12.3. The number of rotatable bonds is 2. The molecule has 0 aromatic carbocycles. The van der Waals surface area contributed by atoms with Crippen molar-refractivity contribution < 1.29 is 9.53 Å². The molecule has 5 fully saturated rings. The van der Waals surface area contributed by atoms with Gasteiger partial charge in [0.25, 0.3) is 0 Å². The molecule has 106 valence electrons. The number of ether oxygens (including phenoxy) is 1. The van der Waals surface area contributed by atoms with E-state index in [1.54, 1.807) is 0 Å². The highest BCUT2D eigenvalue weighted by Gasteiger charge is 2.48. The first-order valence-corrected chi connectivity index (χ1v) is 7.91. The molecule has 5 rings (SSSR count). The third-order valence-electron chi connectivity index (χ3n) is 5.77. The van der Waals surface area contributed by atoms with Crippen molar-refractivity contribution in [3.8, 4) is 0 Å². The summed E-state index contributed by atoms with van der Waals surface area (Å²) in [6.45, 7) is 2.04. The second kappa shape index (κ2) is 4.74. The summed E-state index contributed by atoms with van der Waals surface area (Å²) in [5.41, 5.74) is 0. The highest BCUT2D eigenvalue weighted by molar-refractivity contribution is 5.82. The van der Waals surface area contributed by atoms with Crippen LogP contribution < -0.4 is 10.6 Å². The Morgan fingerprint density at radius 3 is 2.32 bits per heavy atom. The summed E-state index contributed by atoms with van der Waals surface area (Å²) in [6.07, 6.45) is 6.88. The summed E-state index contributed by atoms with van der Waals surface area (Å²) in [5, 5.41) is 6.60.